The van der Waals surface area contributed by atoms with E-state index in [1.54, 1.807) is 17.7 Å². The van der Waals surface area contributed by atoms with E-state index in [0.29, 0.717) is 0 Å². The van der Waals surface area contributed by atoms with Gasteiger partial charge >= 0.3 is 4.87 Å². The van der Waals surface area contributed by atoms with Crippen LogP contribution in [0.1, 0.15) is 16.9 Å². The molecule has 0 aliphatic heterocycles. The number of aldehydes is 1. The Hall–Kier alpha value is -2.58. The van der Waals surface area contributed by atoms with Gasteiger partial charge in [0.25, 0.3) is 0 Å². The predicted molar refractivity (Wildman–Crippen MR) is 105 cm³/mol. The first-order chi connectivity index (χ1) is 12.7. The second kappa shape index (κ2) is 6.00. The number of thiazole rings is 1. The molecule has 4 aromatic rings. The fraction of sp³-hybridized carbons (Fsp3) is 0.222. The van der Waals surface area contributed by atoms with Crippen molar-refractivity contribution in [2.24, 2.45) is 5.92 Å². The number of carbonyl (C=O) groups excluding carboxylic acids is 1. The molecular formula is C18H14N4O2S2. The summed E-state index contributed by atoms with van der Waals surface area (Å²) in [6, 6.07) is 5.78. The molecule has 3 aromatic heterocycles. The van der Waals surface area contributed by atoms with E-state index in [4.69, 9.17) is 0 Å². The summed E-state index contributed by atoms with van der Waals surface area (Å²) in [7, 11) is 0. The lowest BCUT2D eigenvalue weighted by Crippen LogP contribution is -2.13. The molecule has 0 saturated carbocycles. The van der Waals surface area contributed by atoms with Crippen LogP contribution in [-0.2, 0) is 17.6 Å². The highest BCUT2D eigenvalue weighted by atomic mass is 32.1. The largest absolute Gasteiger partial charge is 0.340 e. The van der Waals surface area contributed by atoms with Crippen LogP contribution in [0.25, 0.3) is 20.4 Å². The van der Waals surface area contributed by atoms with Crippen LogP contribution >= 0.6 is 22.7 Å². The summed E-state index contributed by atoms with van der Waals surface area (Å²) in [6.45, 7) is 0. The van der Waals surface area contributed by atoms with Crippen LogP contribution in [0.3, 0.4) is 0 Å². The minimum Gasteiger partial charge on any atom is -0.340 e. The highest BCUT2D eigenvalue weighted by Crippen LogP contribution is 2.40. The minimum absolute atomic E-state index is 0.0572. The second-order valence-corrected chi connectivity index (χ2v) is 8.49. The van der Waals surface area contributed by atoms with Gasteiger partial charge in [-0.2, -0.15) is 0 Å². The van der Waals surface area contributed by atoms with Gasteiger partial charge in [-0.15, -0.1) is 11.3 Å². The molecular weight excluding hydrogens is 368 g/mol. The summed E-state index contributed by atoms with van der Waals surface area (Å²) >= 11 is 2.85. The fourth-order valence-electron chi connectivity index (χ4n) is 3.51. The zero-order valence-electron chi connectivity index (χ0n) is 13.6. The van der Waals surface area contributed by atoms with E-state index < -0.39 is 0 Å². The maximum absolute atomic E-state index is 11.5. The molecule has 1 atom stereocenters. The molecule has 0 spiro atoms. The lowest BCUT2D eigenvalue weighted by atomic mass is 9.89. The molecule has 0 amide bonds. The van der Waals surface area contributed by atoms with Crippen LogP contribution in [0.4, 0.5) is 11.5 Å². The Balaban J connectivity index is 1.58. The van der Waals surface area contributed by atoms with Crippen molar-refractivity contribution in [1.29, 1.82) is 0 Å². The number of hydrogen-bond acceptors (Lipinski definition) is 7. The second-order valence-electron chi connectivity index (χ2n) is 6.40. The third kappa shape index (κ3) is 2.53. The third-order valence-electron chi connectivity index (χ3n) is 4.76. The summed E-state index contributed by atoms with van der Waals surface area (Å²) in [5.41, 5.74) is 2.99. The van der Waals surface area contributed by atoms with Crippen molar-refractivity contribution in [3.63, 3.8) is 0 Å². The third-order valence-corrected chi connectivity index (χ3v) is 6.77. The number of H-pyrrole nitrogens is 1. The number of anilines is 2. The van der Waals surface area contributed by atoms with Crippen molar-refractivity contribution in [2.45, 2.75) is 19.3 Å². The first-order valence-electron chi connectivity index (χ1n) is 8.31. The van der Waals surface area contributed by atoms with Crippen LogP contribution in [0.2, 0.25) is 0 Å². The van der Waals surface area contributed by atoms with Gasteiger partial charge in [0.05, 0.1) is 15.6 Å². The molecule has 0 bridgehead atoms. The highest BCUT2D eigenvalue weighted by molar-refractivity contribution is 7.19. The summed E-state index contributed by atoms with van der Waals surface area (Å²) < 4.78 is 0.909. The Kier molecular flexibility index (Phi) is 3.61. The van der Waals surface area contributed by atoms with Crippen LogP contribution in [0.5, 0.6) is 0 Å². The van der Waals surface area contributed by atoms with Crippen LogP contribution in [0.15, 0.2) is 29.3 Å². The Morgan fingerprint density at radius 1 is 1.27 bits per heavy atom. The number of carbonyl (C=O) groups is 1. The molecule has 1 aliphatic carbocycles. The first kappa shape index (κ1) is 15.7. The van der Waals surface area contributed by atoms with Crippen LogP contribution < -0.4 is 10.2 Å². The van der Waals surface area contributed by atoms with Gasteiger partial charge in [0.15, 0.2) is 0 Å². The maximum atomic E-state index is 11.5. The van der Waals surface area contributed by atoms with E-state index in [-0.39, 0.29) is 10.8 Å². The summed E-state index contributed by atoms with van der Waals surface area (Å²) in [5, 5.41) is 4.44. The lowest BCUT2D eigenvalue weighted by molar-refractivity contribution is -0.111. The quantitative estimate of drug-likeness (QED) is 0.528. The molecule has 2 N–H and O–H groups in total. The van der Waals surface area contributed by atoms with E-state index in [9.17, 15) is 9.59 Å². The van der Waals surface area contributed by atoms with Gasteiger partial charge in [-0.05, 0) is 43.0 Å². The minimum atomic E-state index is -0.0572. The van der Waals surface area contributed by atoms with Gasteiger partial charge in [0.1, 0.15) is 23.3 Å². The Bertz CT molecular complexity index is 1210. The molecule has 0 fully saturated rings. The number of rotatable bonds is 3. The van der Waals surface area contributed by atoms with E-state index >= 15 is 0 Å². The number of benzene rings is 1. The monoisotopic (exact) mass is 382 g/mol. The number of aromatic amines is 1. The number of fused-ring (bicyclic) bond motifs is 4. The average molecular weight is 382 g/mol. The van der Waals surface area contributed by atoms with Crippen molar-refractivity contribution in [3.8, 4) is 0 Å². The molecule has 26 heavy (non-hydrogen) atoms. The molecule has 130 valence electrons. The zero-order valence-corrected chi connectivity index (χ0v) is 15.2. The number of aryl methyl sites for hydroxylation is 1. The van der Waals surface area contributed by atoms with Crippen molar-refractivity contribution in [3.05, 3.63) is 44.6 Å². The van der Waals surface area contributed by atoms with E-state index in [1.165, 1.54) is 21.8 Å². The molecule has 0 saturated heterocycles. The van der Waals surface area contributed by atoms with Crippen LogP contribution in [-0.4, -0.2) is 21.2 Å². The number of hydrogen-bond donors (Lipinski definition) is 2. The van der Waals surface area contributed by atoms with Gasteiger partial charge in [-0.3, -0.25) is 4.79 Å². The Morgan fingerprint density at radius 3 is 3.08 bits per heavy atom. The number of nitrogens with one attached hydrogen (secondary N) is 2. The average Bonchev–Trinajstić information content (AvgIpc) is 3.20. The first-order valence-corrected chi connectivity index (χ1v) is 9.95. The SMILES string of the molecule is O=CC1CCc2c(sc3ncnc(Nc4ccc5[nH]c(=O)sc5c4)c23)C1. The van der Waals surface area contributed by atoms with Crippen molar-refractivity contribution in [2.75, 3.05) is 5.32 Å². The van der Waals surface area contributed by atoms with Crippen LogP contribution in [0, 0.1) is 5.92 Å². The van der Waals surface area contributed by atoms with Crippen molar-refractivity contribution < 1.29 is 4.79 Å². The van der Waals surface area contributed by atoms with E-state index in [1.807, 2.05) is 18.2 Å². The summed E-state index contributed by atoms with van der Waals surface area (Å²) in [5.74, 6) is 0.887. The fourth-order valence-corrected chi connectivity index (χ4v) is 5.56. The Morgan fingerprint density at radius 2 is 2.19 bits per heavy atom. The van der Waals surface area contributed by atoms with E-state index in [0.717, 1.165) is 57.5 Å². The van der Waals surface area contributed by atoms with Gasteiger partial charge in [-0.25, -0.2) is 9.97 Å². The molecule has 1 unspecified atom stereocenters. The lowest BCUT2D eigenvalue weighted by Gasteiger charge is -2.17. The normalized spacial score (nSPS) is 16.7. The Labute approximate surface area is 155 Å². The number of aromatic nitrogens is 3. The van der Waals surface area contributed by atoms with E-state index in [2.05, 4.69) is 20.3 Å². The molecule has 5 rings (SSSR count). The van der Waals surface area contributed by atoms with Gasteiger partial charge in [0.2, 0.25) is 0 Å². The summed E-state index contributed by atoms with van der Waals surface area (Å²) in [4.78, 5) is 36.5. The van der Waals surface area contributed by atoms with Gasteiger partial charge in [-0.1, -0.05) is 11.3 Å². The zero-order chi connectivity index (χ0) is 17.7. The van der Waals surface area contributed by atoms with Crippen molar-refractivity contribution in [1.82, 2.24) is 15.0 Å². The van der Waals surface area contributed by atoms with Gasteiger partial charge in [0, 0.05) is 16.5 Å². The standard InChI is InChI=1S/C18H14N4O2S2/c23-7-9-1-3-11-13(5-9)25-17-15(11)16(19-8-20-17)21-10-2-4-12-14(6-10)26-18(24)22-12/h2,4,6-9H,1,3,5H2,(H,22,24)(H,19,20,21). The van der Waals surface area contributed by atoms with Crippen molar-refractivity contribution >= 4 is 60.9 Å². The molecule has 0 radical (unpaired) electrons. The highest BCUT2D eigenvalue weighted by Gasteiger charge is 2.24. The summed E-state index contributed by atoms with van der Waals surface area (Å²) in [6.07, 6.45) is 5.18. The maximum Gasteiger partial charge on any atom is 0.305 e. The number of nitrogens with zero attached hydrogens (tertiary/aromatic N) is 2. The molecule has 6 nitrogen and oxygen atoms in total. The molecule has 1 aromatic carbocycles. The smallest absolute Gasteiger partial charge is 0.305 e. The topological polar surface area (TPSA) is 87.7 Å². The molecule has 1 aliphatic rings. The molecule has 8 heteroatoms. The van der Waals surface area contributed by atoms with Gasteiger partial charge < -0.3 is 15.1 Å². The molecule has 3 heterocycles. The number of thiophene rings is 1. The predicted octanol–water partition coefficient (Wildman–Crippen LogP) is 3.64.